The van der Waals surface area contributed by atoms with Gasteiger partial charge < -0.3 is 29.5 Å². The van der Waals surface area contributed by atoms with E-state index < -0.39 is 42.8 Å². The fourth-order valence-electron chi connectivity index (χ4n) is 4.10. The van der Waals surface area contributed by atoms with Gasteiger partial charge in [-0.25, -0.2) is 0 Å². The molecule has 8 heteroatoms. The predicted octanol–water partition coefficient (Wildman–Crippen LogP) is 2.02. The molecule has 0 aromatic heterocycles. The van der Waals surface area contributed by atoms with Crippen LogP contribution in [0.2, 0.25) is 0 Å². The molecule has 1 fully saturated rings. The first-order chi connectivity index (χ1) is 14.3. The number of ether oxygens (including phenoxy) is 3. The Balaban J connectivity index is 1.77. The lowest BCUT2D eigenvalue weighted by atomic mass is 9.82. The molecule has 8 nitrogen and oxygen atoms in total. The van der Waals surface area contributed by atoms with Crippen LogP contribution in [0.1, 0.15) is 64.6 Å². The SMILES string of the molecule is CCC[C@H]1OC(C)=Cc2cc3c(c(O)c21)C(=O)C([C@@H]1OC[C@H](O)[C@@H](CO)O1)=CC3=O. The number of ketones is 2. The lowest BCUT2D eigenvalue weighted by Crippen LogP contribution is -2.47. The van der Waals surface area contributed by atoms with Crippen molar-refractivity contribution in [2.75, 3.05) is 13.2 Å². The van der Waals surface area contributed by atoms with Crippen molar-refractivity contribution in [2.45, 2.75) is 51.3 Å². The summed E-state index contributed by atoms with van der Waals surface area (Å²) in [5.41, 5.74) is 1.06. The van der Waals surface area contributed by atoms with Crippen LogP contribution in [0.3, 0.4) is 0 Å². The van der Waals surface area contributed by atoms with Crippen molar-refractivity contribution in [3.05, 3.63) is 45.7 Å². The first-order valence-corrected chi connectivity index (χ1v) is 9.97. The largest absolute Gasteiger partial charge is 0.507 e. The molecule has 0 unspecified atom stereocenters. The third-order valence-corrected chi connectivity index (χ3v) is 5.55. The average molecular weight is 416 g/mol. The van der Waals surface area contributed by atoms with E-state index in [9.17, 15) is 24.9 Å². The van der Waals surface area contributed by atoms with Gasteiger partial charge in [-0.1, -0.05) is 13.3 Å². The van der Waals surface area contributed by atoms with Crippen LogP contribution in [-0.4, -0.2) is 58.6 Å². The van der Waals surface area contributed by atoms with Crippen LogP contribution in [0, 0.1) is 0 Å². The minimum atomic E-state index is -1.23. The highest BCUT2D eigenvalue weighted by Crippen LogP contribution is 2.44. The molecule has 0 spiro atoms. The van der Waals surface area contributed by atoms with Gasteiger partial charge in [0.2, 0.25) is 0 Å². The van der Waals surface area contributed by atoms with E-state index in [1.165, 1.54) is 0 Å². The average Bonchev–Trinajstić information content (AvgIpc) is 2.70. The van der Waals surface area contributed by atoms with E-state index in [-0.39, 0.29) is 29.1 Å². The van der Waals surface area contributed by atoms with Crippen LogP contribution in [0.5, 0.6) is 5.75 Å². The highest BCUT2D eigenvalue weighted by Gasteiger charge is 2.40. The van der Waals surface area contributed by atoms with Gasteiger partial charge in [-0.05, 0) is 37.1 Å². The van der Waals surface area contributed by atoms with Gasteiger partial charge in [0.1, 0.15) is 24.1 Å². The summed E-state index contributed by atoms with van der Waals surface area (Å²) in [5.74, 6) is -0.655. The molecule has 2 aliphatic heterocycles. The molecule has 30 heavy (non-hydrogen) atoms. The van der Waals surface area contributed by atoms with E-state index in [0.29, 0.717) is 23.3 Å². The van der Waals surface area contributed by atoms with Crippen molar-refractivity contribution >= 4 is 17.6 Å². The van der Waals surface area contributed by atoms with Gasteiger partial charge in [-0.2, -0.15) is 0 Å². The molecule has 0 radical (unpaired) electrons. The lowest BCUT2D eigenvalue weighted by Gasteiger charge is -2.35. The number of aliphatic hydroxyl groups is 2. The van der Waals surface area contributed by atoms with E-state index in [2.05, 4.69) is 0 Å². The zero-order chi connectivity index (χ0) is 21.6. The highest BCUT2D eigenvalue weighted by molar-refractivity contribution is 6.26. The van der Waals surface area contributed by atoms with Crippen LogP contribution in [0.25, 0.3) is 6.08 Å². The summed E-state index contributed by atoms with van der Waals surface area (Å²) >= 11 is 0. The summed E-state index contributed by atoms with van der Waals surface area (Å²) in [6.45, 7) is 3.17. The van der Waals surface area contributed by atoms with Gasteiger partial charge >= 0.3 is 0 Å². The number of benzene rings is 1. The van der Waals surface area contributed by atoms with Crippen LogP contribution in [0.4, 0.5) is 0 Å². The topological polar surface area (TPSA) is 123 Å². The molecule has 1 saturated heterocycles. The predicted molar refractivity (Wildman–Crippen MR) is 105 cm³/mol. The summed E-state index contributed by atoms with van der Waals surface area (Å²) in [7, 11) is 0. The number of aliphatic hydroxyl groups excluding tert-OH is 2. The van der Waals surface area contributed by atoms with E-state index in [1.54, 1.807) is 19.1 Å². The lowest BCUT2D eigenvalue weighted by molar-refractivity contribution is -0.241. The molecule has 3 aliphatic rings. The third kappa shape index (κ3) is 3.35. The second-order valence-electron chi connectivity index (χ2n) is 7.68. The Bertz CT molecular complexity index is 960. The fraction of sp³-hybridized carbons (Fsp3) is 0.455. The molecular weight excluding hydrogens is 392 g/mol. The second-order valence-corrected chi connectivity index (χ2v) is 7.68. The van der Waals surface area contributed by atoms with Crippen LogP contribution in [0.15, 0.2) is 23.5 Å². The molecule has 2 heterocycles. The Morgan fingerprint density at radius 1 is 1.23 bits per heavy atom. The quantitative estimate of drug-likeness (QED) is 0.681. The Labute approximate surface area is 173 Å². The maximum Gasteiger partial charge on any atom is 0.198 e. The maximum absolute atomic E-state index is 13.3. The number of phenols is 1. The Hall–Kier alpha value is -2.52. The molecule has 3 N–H and O–H groups in total. The molecule has 0 amide bonds. The number of rotatable bonds is 4. The molecule has 4 atom stereocenters. The van der Waals surface area contributed by atoms with E-state index in [1.807, 2.05) is 6.92 Å². The van der Waals surface area contributed by atoms with Gasteiger partial charge in [0.05, 0.1) is 30.1 Å². The summed E-state index contributed by atoms with van der Waals surface area (Å²) in [4.78, 5) is 26.1. The number of hydrogen-bond donors (Lipinski definition) is 3. The summed E-state index contributed by atoms with van der Waals surface area (Å²) in [5, 5.41) is 30.2. The number of Topliss-reactive ketones (excluding diaryl/α,β-unsaturated/α-hetero) is 1. The van der Waals surface area contributed by atoms with E-state index >= 15 is 0 Å². The normalized spacial score (nSPS) is 28.3. The summed E-state index contributed by atoms with van der Waals surface area (Å²) < 4.78 is 16.7. The number of carbonyl (C=O) groups is 2. The number of allylic oxidation sites excluding steroid dienone is 2. The molecule has 0 saturated carbocycles. The van der Waals surface area contributed by atoms with Crippen LogP contribution < -0.4 is 0 Å². The van der Waals surface area contributed by atoms with Crippen LogP contribution in [-0.2, 0) is 14.2 Å². The van der Waals surface area contributed by atoms with E-state index in [4.69, 9.17) is 14.2 Å². The first kappa shape index (κ1) is 20.7. The molecule has 1 aromatic carbocycles. The van der Waals surface area contributed by atoms with Crippen molar-refractivity contribution in [2.24, 2.45) is 0 Å². The van der Waals surface area contributed by atoms with Crippen molar-refractivity contribution in [3.63, 3.8) is 0 Å². The zero-order valence-corrected chi connectivity index (χ0v) is 16.8. The van der Waals surface area contributed by atoms with Gasteiger partial charge in [0, 0.05) is 11.1 Å². The highest BCUT2D eigenvalue weighted by atomic mass is 16.7. The van der Waals surface area contributed by atoms with Crippen molar-refractivity contribution in [1.29, 1.82) is 0 Å². The summed E-state index contributed by atoms with van der Waals surface area (Å²) in [6.07, 6.45) is 0.675. The van der Waals surface area contributed by atoms with Gasteiger partial charge in [0.25, 0.3) is 0 Å². The fourth-order valence-corrected chi connectivity index (χ4v) is 4.10. The molecular formula is C22H24O8. The smallest absolute Gasteiger partial charge is 0.198 e. The van der Waals surface area contributed by atoms with Crippen molar-refractivity contribution < 1.29 is 39.1 Å². The minimum Gasteiger partial charge on any atom is -0.507 e. The molecule has 4 rings (SSSR count). The third-order valence-electron chi connectivity index (χ3n) is 5.55. The molecule has 1 aliphatic carbocycles. The van der Waals surface area contributed by atoms with Crippen molar-refractivity contribution in [1.82, 2.24) is 0 Å². The Morgan fingerprint density at radius 2 is 2.00 bits per heavy atom. The number of fused-ring (bicyclic) bond motifs is 2. The number of hydrogen-bond acceptors (Lipinski definition) is 8. The Morgan fingerprint density at radius 3 is 2.70 bits per heavy atom. The van der Waals surface area contributed by atoms with Gasteiger partial charge in [-0.3, -0.25) is 9.59 Å². The van der Waals surface area contributed by atoms with Gasteiger partial charge in [0.15, 0.2) is 17.9 Å². The minimum absolute atomic E-state index is 0.0800. The first-order valence-electron chi connectivity index (χ1n) is 9.97. The molecule has 1 aromatic rings. The second kappa shape index (κ2) is 7.96. The maximum atomic E-state index is 13.3. The number of phenolic OH excluding ortho intramolecular Hbond substituents is 1. The van der Waals surface area contributed by atoms with Crippen molar-refractivity contribution in [3.8, 4) is 5.75 Å². The van der Waals surface area contributed by atoms with Gasteiger partial charge in [-0.15, -0.1) is 0 Å². The zero-order valence-electron chi connectivity index (χ0n) is 16.8. The van der Waals surface area contributed by atoms with E-state index in [0.717, 1.165) is 12.5 Å². The molecule has 0 bridgehead atoms. The Kier molecular flexibility index (Phi) is 5.50. The standard InChI is InChI=1S/C22H24O8/c1-3-4-16-18-11(5-10(2)29-16)6-12-14(24)7-13(20(26)19(12)21(18)27)22-28-9-15(25)17(8-23)30-22/h5-7,15-17,22-23,25,27H,3-4,8-9H2,1-2H3/t15-,16+,17+,22+/m0/s1. The number of aromatic hydroxyl groups is 1. The number of carbonyl (C=O) groups excluding carboxylic acids is 2. The van der Waals surface area contributed by atoms with Crippen LogP contribution >= 0.6 is 0 Å². The summed E-state index contributed by atoms with van der Waals surface area (Å²) in [6, 6.07) is 1.61. The monoisotopic (exact) mass is 416 g/mol. The molecule has 160 valence electrons.